The highest BCUT2D eigenvalue weighted by Crippen LogP contribution is 2.39. The van der Waals surface area contributed by atoms with E-state index in [1.54, 1.807) is 17.0 Å². The molecule has 0 spiro atoms. The molecule has 1 amide bonds. The number of hydrogen-bond acceptors (Lipinski definition) is 6. The number of carbonyl (C=O) groups is 1. The number of piperidine rings is 1. The zero-order valence-electron chi connectivity index (χ0n) is 14.5. The summed E-state index contributed by atoms with van der Waals surface area (Å²) in [6.45, 7) is 0.435. The van der Waals surface area contributed by atoms with Crippen LogP contribution in [0.4, 0.5) is 4.79 Å². The molecule has 26 heavy (non-hydrogen) atoms. The molecule has 9 heteroatoms. The first-order valence-corrected chi connectivity index (χ1v) is 10.0. The van der Waals surface area contributed by atoms with Gasteiger partial charge < -0.3 is 14.2 Å². The van der Waals surface area contributed by atoms with E-state index in [1.165, 1.54) is 25.3 Å². The van der Waals surface area contributed by atoms with Gasteiger partial charge in [-0.15, -0.1) is 0 Å². The van der Waals surface area contributed by atoms with Crippen LogP contribution >= 0.6 is 0 Å². The number of aromatic amines is 1. The molecule has 2 heterocycles. The third-order valence-corrected chi connectivity index (χ3v) is 5.78. The summed E-state index contributed by atoms with van der Waals surface area (Å²) in [6, 6.07) is 7.57. The van der Waals surface area contributed by atoms with Crippen molar-refractivity contribution in [3.63, 3.8) is 0 Å². The van der Waals surface area contributed by atoms with Crippen LogP contribution in [0.5, 0.6) is 0 Å². The minimum atomic E-state index is -3.29. The van der Waals surface area contributed by atoms with Crippen molar-refractivity contribution in [2.75, 3.05) is 19.9 Å². The molecule has 0 aliphatic carbocycles. The summed E-state index contributed by atoms with van der Waals surface area (Å²) in [5.41, 5.74) is 0.495. The first-order chi connectivity index (χ1) is 12.3. The molecule has 140 valence electrons. The molecule has 1 aromatic heterocycles. The molecule has 1 aliphatic heterocycles. The van der Waals surface area contributed by atoms with Gasteiger partial charge in [0.05, 0.1) is 18.0 Å². The van der Waals surface area contributed by atoms with Crippen LogP contribution in [0.3, 0.4) is 0 Å². The second-order valence-electron chi connectivity index (χ2n) is 6.36. The molecule has 0 saturated carbocycles. The highest BCUT2D eigenvalue weighted by molar-refractivity contribution is 7.90. The van der Waals surface area contributed by atoms with Crippen LogP contribution in [0.1, 0.15) is 36.1 Å². The summed E-state index contributed by atoms with van der Waals surface area (Å²) < 4.78 is 33.4. The fourth-order valence-corrected chi connectivity index (χ4v) is 3.94. The van der Waals surface area contributed by atoms with Gasteiger partial charge in [0.2, 0.25) is 0 Å². The first-order valence-electron chi connectivity index (χ1n) is 8.12. The maximum absolute atomic E-state index is 12.2. The van der Waals surface area contributed by atoms with Crippen LogP contribution in [-0.4, -0.2) is 44.5 Å². The van der Waals surface area contributed by atoms with Crippen molar-refractivity contribution in [2.45, 2.75) is 29.7 Å². The number of benzene rings is 1. The number of rotatable bonds is 3. The SMILES string of the molecule is COC(=O)N1CC[C@@H](c2cc(=O)[nH]o2)C[C@H]1c1ccc(S(C)(=O)=O)cc1. The molecule has 1 aromatic carbocycles. The first kappa shape index (κ1) is 18.2. The van der Waals surface area contributed by atoms with Crippen LogP contribution in [0.2, 0.25) is 0 Å². The second-order valence-corrected chi connectivity index (χ2v) is 8.37. The molecular weight excluding hydrogens is 360 g/mol. The maximum Gasteiger partial charge on any atom is 0.409 e. The Labute approximate surface area is 150 Å². The molecule has 3 rings (SSSR count). The van der Waals surface area contributed by atoms with Gasteiger partial charge in [-0.2, -0.15) is 5.16 Å². The average molecular weight is 380 g/mol. The number of hydrogen-bond donors (Lipinski definition) is 1. The van der Waals surface area contributed by atoms with E-state index in [4.69, 9.17) is 9.26 Å². The Kier molecular flexibility index (Phi) is 4.90. The predicted octanol–water partition coefficient (Wildman–Crippen LogP) is 2.06. The van der Waals surface area contributed by atoms with Crippen molar-refractivity contribution in [3.8, 4) is 0 Å². The normalized spacial score (nSPS) is 20.8. The van der Waals surface area contributed by atoms with Gasteiger partial charge in [0.1, 0.15) is 5.76 Å². The number of nitrogens with zero attached hydrogens (tertiary/aromatic N) is 1. The Bertz CT molecular complexity index is 944. The number of sulfone groups is 1. The highest BCUT2D eigenvalue weighted by Gasteiger charge is 2.35. The topological polar surface area (TPSA) is 110 Å². The lowest BCUT2D eigenvalue weighted by molar-refractivity contribution is 0.0815. The molecule has 0 unspecified atom stereocenters. The van der Waals surface area contributed by atoms with Crippen LogP contribution in [-0.2, 0) is 14.6 Å². The number of nitrogens with one attached hydrogen (secondary N) is 1. The zero-order chi connectivity index (χ0) is 18.9. The molecule has 0 radical (unpaired) electrons. The summed E-state index contributed by atoms with van der Waals surface area (Å²) in [5, 5.41) is 2.29. The van der Waals surface area contributed by atoms with Gasteiger partial charge in [0, 0.05) is 24.8 Å². The molecule has 2 aromatic rings. The molecule has 2 atom stereocenters. The van der Waals surface area contributed by atoms with Gasteiger partial charge in [-0.1, -0.05) is 12.1 Å². The van der Waals surface area contributed by atoms with Crippen LogP contribution < -0.4 is 5.56 Å². The average Bonchev–Trinajstić information content (AvgIpc) is 3.06. The molecule has 0 bridgehead atoms. The smallest absolute Gasteiger partial charge is 0.409 e. The third kappa shape index (κ3) is 3.67. The summed E-state index contributed by atoms with van der Waals surface area (Å²) >= 11 is 0. The van der Waals surface area contributed by atoms with E-state index in [0.29, 0.717) is 25.1 Å². The van der Waals surface area contributed by atoms with Gasteiger partial charge in [-0.25, -0.2) is 13.2 Å². The summed E-state index contributed by atoms with van der Waals surface area (Å²) in [4.78, 5) is 25.3. The Morgan fingerprint density at radius 1 is 1.31 bits per heavy atom. The number of carbonyl (C=O) groups excluding carboxylic acids is 1. The van der Waals surface area contributed by atoms with Gasteiger partial charge in [-0.3, -0.25) is 4.79 Å². The highest BCUT2D eigenvalue weighted by atomic mass is 32.2. The van der Waals surface area contributed by atoms with E-state index in [2.05, 4.69) is 5.16 Å². The number of amides is 1. The maximum atomic E-state index is 12.2. The van der Waals surface area contributed by atoms with Crippen LogP contribution in [0, 0.1) is 0 Å². The van der Waals surface area contributed by atoms with Crippen molar-refractivity contribution in [1.82, 2.24) is 10.1 Å². The Morgan fingerprint density at radius 3 is 2.54 bits per heavy atom. The van der Waals surface area contributed by atoms with Crippen molar-refractivity contribution in [1.29, 1.82) is 0 Å². The lowest BCUT2D eigenvalue weighted by Gasteiger charge is -2.38. The standard InChI is InChI=1S/C17H20N2O6S/c1-24-17(21)19-8-7-12(15-10-16(20)18-25-15)9-14(19)11-3-5-13(6-4-11)26(2,22)23/h3-6,10,12,14H,7-9H2,1-2H3,(H,18,20)/t12-,14+/m1/s1. The lowest BCUT2D eigenvalue weighted by Crippen LogP contribution is -2.40. The summed E-state index contributed by atoms with van der Waals surface area (Å²) in [5.74, 6) is 0.520. The Balaban J connectivity index is 1.92. The second kappa shape index (κ2) is 6.99. The molecular formula is C17H20N2O6S. The molecule has 1 aliphatic rings. The van der Waals surface area contributed by atoms with Crippen molar-refractivity contribution in [2.24, 2.45) is 0 Å². The molecule has 1 N–H and O–H groups in total. The number of methoxy groups -OCH3 is 1. The fourth-order valence-electron chi connectivity index (χ4n) is 3.31. The van der Waals surface area contributed by atoms with E-state index >= 15 is 0 Å². The van der Waals surface area contributed by atoms with Gasteiger partial charge >= 0.3 is 6.09 Å². The van der Waals surface area contributed by atoms with Gasteiger partial charge in [0.15, 0.2) is 9.84 Å². The minimum absolute atomic E-state index is 0.0329. The minimum Gasteiger partial charge on any atom is -0.453 e. The summed E-state index contributed by atoms with van der Waals surface area (Å²) in [7, 11) is -1.97. The number of aromatic nitrogens is 1. The predicted molar refractivity (Wildman–Crippen MR) is 92.7 cm³/mol. The number of H-pyrrole nitrogens is 1. The van der Waals surface area contributed by atoms with Crippen LogP contribution in [0.15, 0.2) is 44.5 Å². The number of ether oxygens (including phenoxy) is 1. The van der Waals surface area contributed by atoms with Crippen molar-refractivity contribution < 1.29 is 22.5 Å². The Morgan fingerprint density at radius 2 is 2.00 bits per heavy atom. The lowest BCUT2D eigenvalue weighted by atomic mass is 9.86. The number of likely N-dealkylation sites (tertiary alicyclic amines) is 1. The van der Waals surface area contributed by atoms with E-state index in [9.17, 15) is 18.0 Å². The van der Waals surface area contributed by atoms with Gasteiger partial charge in [-0.05, 0) is 30.5 Å². The quantitative estimate of drug-likeness (QED) is 0.873. The monoisotopic (exact) mass is 380 g/mol. The van der Waals surface area contributed by atoms with Gasteiger partial charge in [0.25, 0.3) is 5.56 Å². The molecule has 8 nitrogen and oxygen atoms in total. The van der Waals surface area contributed by atoms with E-state index < -0.39 is 15.9 Å². The summed E-state index contributed by atoms with van der Waals surface area (Å²) in [6.07, 6.45) is 1.87. The zero-order valence-corrected chi connectivity index (χ0v) is 15.3. The third-order valence-electron chi connectivity index (χ3n) is 4.65. The van der Waals surface area contributed by atoms with E-state index in [-0.39, 0.29) is 22.4 Å². The Hall–Kier alpha value is -2.55. The van der Waals surface area contributed by atoms with E-state index in [1.807, 2.05) is 0 Å². The van der Waals surface area contributed by atoms with E-state index in [0.717, 1.165) is 11.8 Å². The van der Waals surface area contributed by atoms with Crippen LogP contribution in [0.25, 0.3) is 0 Å². The van der Waals surface area contributed by atoms with Crippen molar-refractivity contribution in [3.05, 3.63) is 52.0 Å². The fraction of sp³-hybridized carbons (Fsp3) is 0.412. The largest absolute Gasteiger partial charge is 0.453 e. The van der Waals surface area contributed by atoms with Crippen molar-refractivity contribution >= 4 is 15.9 Å². The molecule has 1 saturated heterocycles. The molecule has 1 fully saturated rings.